The number of halogens is 1. The molecule has 1 unspecified atom stereocenters. The van der Waals surface area contributed by atoms with Crippen LogP contribution in [0.4, 0.5) is 4.39 Å². The van der Waals surface area contributed by atoms with Crippen LogP contribution in [-0.4, -0.2) is 24.1 Å². The lowest BCUT2D eigenvalue weighted by molar-refractivity contribution is -0.120. The third-order valence-corrected chi connectivity index (χ3v) is 2.44. The van der Waals surface area contributed by atoms with Crippen molar-refractivity contribution >= 4 is 5.91 Å². The number of aromatic hydroxyl groups is 1. The Morgan fingerprint density at radius 2 is 2.37 bits per heavy atom. The van der Waals surface area contributed by atoms with Gasteiger partial charge in [0.2, 0.25) is 5.91 Å². The van der Waals surface area contributed by atoms with Crippen LogP contribution in [0.15, 0.2) is 23.3 Å². The summed E-state index contributed by atoms with van der Waals surface area (Å²) in [6.45, 7) is 0.675. The number of nitrogens with two attached hydrogens (primary N) is 1. The van der Waals surface area contributed by atoms with E-state index in [-0.39, 0.29) is 0 Å². The first-order chi connectivity index (χ1) is 9.06. The molecule has 1 aromatic carbocycles. The number of rotatable bonds is 7. The van der Waals surface area contributed by atoms with Crippen molar-refractivity contribution in [1.82, 2.24) is 5.32 Å². The summed E-state index contributed by atoms with van der Waals surface area (Å²) < 4.78 is 13.2. The smallest absolute Gasteiger partial charge is 0.239 e. The van der Waals surface area contributed by atoms with Gasteiger partial charge in [0, 0.05) is 11.5 Å². The zero-order chi connectivity index (χ0) is 14.3. The lowest BCUT2D eigenvalue weighted by Gasteiger charge is -2.15. The van der Waals surface area contributed by atoms with Crippen molar-refractivity contribution in [1.29, 1.82) is 0 Å². The Hall–Kier alpha value is -2.31. The molecule has 1 atom stereocenters. The van der Waals surface area contributed by atoms with E-state index in [4.69, 9.17) is 16.4 Å². The maximum Gasteiger partial charge on any atom is 0.239 e. The highest BCUT2D eigenvalue weighted by Gasteiger charge is 2.18. The van der Waals surface area contributed by atoms with Crippen LogP contribution >= 0.6 is 0 Å². The number of phenols is 1. The molecule has 0 saturated carbocycles. The van der Waals surface area contributed by atoms with Crippen LogP contribution in [0.5, 0.6) is 5.75 Å². The number of azide groups is 1. The van der Waals surface area contributed by atoms with Gasteiger partial charge in [-0.2, -0.15) is 0 Å². The molecule has 0 bridgehead atoms. The van der Waals surface area contributed by atoms with Crippen molar-refractivity contribution < 1.29 is 14.3 Å². The van der Waals surface area contributed by atoms with Crippen molar-refractivity contribution in [3.8, 4) is 5.75 Å². The van der Waals surface area contributed by atoms with Crippen LogP contribution in [0.25, 0.3) is 10.4 Å². The fourth-order valence-electron chi connectivity index (χ4n) is 1.53. The number of primary amides is 1. The fourth-order valence-corrected chi connectivity index (χ4v) is 1.53. The quantitative estimate of drug-likeness (QED) is 0.299. The first-order valence-electron chi connectivity index (χ1n) is 5.58. The number of hydrogen-bond donors (Lipinski definition) is 3. The van der Waals surface area contributed by atoms with E-state index >= 15 is 0 Å². The minimum absolute atomic E-state index is 0.291. The highest BCUT2D eigenvalue weighted by Crippen LogP contribution is 2.20. The maximum atomic E-state index is 13.2. The summed E-state index contributed by atoms with van der Waals surface area (Å²) in [6, 6.07) is 2.75. The normalized spacial score (nSPS) is 11.6. The summed E-state index contributed by atoms with van der Waals surface area (Å²) in [7, 11) is 0. The Bertz CT molecular complexity index is 502. The Morgan fingerprint density at radius 1 is 1.63 bits per heavy atom. The number of hydrogen-bond acceptors (Lipinski definition) is 4. The minimum atomic E-state index is -0.860. The number of phenolic OH excluding ortho intramolecular Hbond substituents is 1. The lowest BCUT2D eigenvalue weighted by Crippen LogP contribution is -2.34. The van der Waals surface area contributed by atoms with Gasteiger partial charge in [-0.15, -0.1) is 0 Å². The van der Waals surface area contributed by atoms with Crippen LogP contribution in [0, 0.1) is 5.82 Å². The molecule has 0 aliphatic heterocycles. The molecular weight excluding hydrogens is 253 g/mol. The first-order valence-corrected chi connectivity index (χ1v) is 5.58. The number of amides is 1. The Morgan fingerprint density at radius 3 is 2.95 bits per heavy atom. The van der Waals surface area contributed by atoms with E-state index in [1.165, 1.54) is 6.07 Å². The monoisotopic (exact) mass is 267 g/mol. The van der Waals surface area contributed by atoms with Gasteiger partial charge in [0.1, 0.15) is 6.04 Å². The van der Waals surface area contributed by atoms with Gasteiger partial charge in [-0.1, -0.05) is 11.2 Å². The first kappa shape index (κ1) is 14.7. The van der Waals surface area contributed by atoms with Gasteiger partial charge >= 0.3 is 0 Å². The Kier molecular flexibility index (Phi) is 5.59. The summed E-state index contributed by atoms with van der Waals surface area (Å²) >= 11 is 0. The molecule has 7 nitrogen and oxygen atoms in total. The average molecular weight is 267 g/mol. The van der Waals surface area contributed by atoms with Gasteiger partial charge in [-0.3, -0.25) is 4.79 Å². The highest BCUT2D eigenvalue weighted by molar-refractivity contribution is 5.81. The molecule has 19 heavy (non-hydrogen) atoms. The Balaban J connectivity index is 2.69. The van der Waals surface area contributed by atoms with E-state index in [0.29, 0.717) is 25.1 Å². The number of nitrogens with one attached hydrogen (secondary N) is 1. The molecule has 1 amide bonds. The van der Waals surface area contributed by atoms with E-state index in [9.17, 15) is 9.18 Å². The van der Waals surface area contributed by atoms with E-state index in [2.05, 4.69) is 15.3 Å². The molecule has 0 aliphatic carbocycles. The molecule has 102 valence electrons. The van der Waals surface area contributed by atoms with Crippen LogP contribution in [0.1, 0.15) is 18.0 Å². The van der Waals surface area contributed by atoms with E-state index in [1.807, 2.05) is 0 Å². The average Bonchev–Trinajstić information content (AvgIpc) is 2.37. The molecule has 8 heteroatoms. The maximum absolute atomic E-state index is 13.2. The van der Waals surface area contributed by atoms with Gasteiger partial charge < -0.3 is 16.2 Å². The van der Waals surface area contributed by atoms with E-state index in [0.717, 1.165) is 12.1 Å². The van der Waals surface area contributed by atoms with E-state index in [1.54, 1.807) is 0 Å². The second-order valence-corrected chi connectivity index (χ2v) is 3.81. The molecule has 0 spiro atoms. The molecule has 0 heterocycles. The van der Waals surface area contributed by atoms with Gasteiger partial charge in [-0.05, 0) is 36.2 Å². The van der Waals surface area contributed by atoms with Crippen molar-refractivity contribution in [2.45, 2.75) is 12.5 Å². The van der Waals surface area contributed by atoms with Gasteiger partial charge in [0.25, 0.3) is 0 Å². The molecule has 0 aromatic heterocycles. The second kappa shape index (κ2) is 7.20. The summed E-state index contributed by atoms with van der Waals surface area (Å²) in [5.74, 6) is -1.97. The van der Waals surface area contributed by atoms with Gasteiger partial charge in [0.05, 0.1) is 0 Å². The summed E-state index contributed by atoms with van der Waals surface area (Å²) in [6.07, 6.45) is 0.522. The zero-order valence-corrected chi connectivity index (χ0v) is 10.1. The van der Waals surface area contributed by atoms with Crippen LogP contribution in [0.3, 0.4) is 0 Å². The summed E-state index contributed by atoms with van der Waals surface area (Å²) in [5, 5.41) is 15.3. The third kappa shape index (κ3) is 4.46. The second-order valence-electron chi connectivity index (χ2n) is 3.81. The molecule has 0 radical (unpaired) electrons. The summed E-state index contributed by atoms with van der Waals surface area (Å²) in [5.41, 5.74) is 13.7. The molecule has 1 rings (SSSR count). The number of carbonyl (C=O) groups is 1. The molecular formula is C11H14FN5O2. The molecule has 0 fully saturated rings. The van der Waals surface area contributed by atoms with Gasteiger partial charge in [-0.25, -0.2) is 4.39 Å². The standard InChI is InChI=1S/C11H14FN5O2/c12-8-6-7(2-3-9(8)18)10(11(13)19)15-4-1-5-16-17-14/h2-3,6,10,15,18H,1,4-5H2,(H2,13,19). The fraction of sp³-hybridized carbons (Fsp3) is 0.364. The number of carbonyl (C=O) groups excluding carboxylic acids is 1. The highest BCUT2D eigenvalue weighted by atomic mass is 19.1. The number of benzene rings is 1. The van der Waals surface area contributed by atoms with Crippen LogP contribution in [-0.2, 0) is 4.79 Å². The van der Waals surface area contributed by atoms with Gasteiger partial charge in [0.15, 0.2) is 11.6 Å². The van der Waals surface area contributed by atoms with Crippen molar-refractivity contribution in [2.75, 3.05) is 13.1 Å². The molecule has 0 saturated heterocycles. The minimum Gasteiger partial charge on any atom is -0.505 e. The zero-order valence-electron chi connectivity index (χ0n) is 10.1. The number of nitrogens with zero attached hydrogens (tertiary/aromatic N) is 3. The van der Waals surface area contributed by atoms with Crippen LogP contribution < -0.4 is 11.1 Å². The predicted molar refractivity (Wildman–Crippen MR) is 66.6 cm³/mol. The lowest BCUT2D eigenvalue weighted by atomic mass is 10.1. The third-order valence-electron chi connectivity index (χ3n) is 2.44. The van der Waals surface area contributed by atoms with Crippen LogP contribution in [0.2, 0.25) is 0 Å². The van der Waals surface area contributed by atoms with Crippen molar-refractivity contribution in [3.05, 3.63) is 40.0 Å². The van der Waals surface area contributed by atoms with Crippen molar-refractivity contribution in [3.63, 3.8) is 0 Å². The van der Waals surface area contributed by atoms with E-state index < -0.39 is 23.5 Å². The summed E-state index contributed by atoms with van der Waals surface area (Å²) in [4.78, 5) is 13.9. The topological polar surface area (TPSA) is 124 Å². The van der Waals surface area contributed by atoms with Crippen molar-refractivity contribution in [2.24, 2.45) is 10.8 Å². The predicted octanol–water partition coefficient (Wildman–Crippen LogP) is 1.35. The SMILES string of the molecule is [N-]=[N+]=NCCCNC(C(N)=O)c1ccc(O)c(F)c1. The molecule has 0 aliphatic rings. The Labute approximate surface area is 108 Å². The molecule has 4 N–H and O–H groups in total. The molecule has 1 aromatic rings. The largest absolute Gasteiger partial charge is 0.505 e.